The van der Waals surface area contributed by atoms with Crippen LogP contribution in [0.4, 0.5) is 5.82 Å². The van der Waals surface area contributed by atoms with E-state index in [0.717, 1.165) is 24.5 Å². The summed E-state index contributed by atoms with van der Waals surface area (Å²) in [6.45, 7) is 1.27. The molecule has 3 saturated heterocycles. The molecule has 1 aromatic carbocycles. The van der Waals surface area contributed by atoms with Gasteiger partial charge in [-0.3, -0.25) is 4.79 Å². The SMILES string of the molecule is O=C(O)/C=C/c1cnc(N2CCC3(CC2)O[C@@H]2CC[C@@H](c4ccccc4)N2C3=O)cc1Cl. The van der Waals surface area contributed by atoms with Gasteiger partial charge >= 0.3 is 5.97 Å². The van der Waals surface area contributed by atoms with E-state index >= 15 is 0 Å². The first-order valence-electron chi connectivity index (χ1n) is 10.8. The second-order valence-electron chi connectivity index (χ2n) is 8.51. The fourth-order valence-corrected chi connectivity index (χ4v) is 5.24. The first kappa shape index (κ1) is 21.0. The molecule has 4 heterocycles. The highest BCUT2D eigenvalue weighted by molar-refractivity contribution is 6.32. The number of carboxylic acids is 1. The number of ether oxygens (including phenoxy) is 1. The van der Waals surface area contributed by atoms with Crippen LogP contribution in [-0.2, 0) is 14.3 Å². The van der Waals surface area contributed by atoms with E-state index in [1.807, 2.05) is 23.1 Å². The van der Waals surface area contributed by atoms with Gasteiger partial charge in [-0.2, -0.15) is 0 Å². The maximum Gasteiger partial charge on any atom is 0.328 e. The van der Waals surface area contributed by atoms with Gasteiger partial charge in [0.15, 0.2) is 5.60 Å². The Morgan fingerprint density at radius 1 is 1.22 bits per heavy atom. The minimum Gasteiger partial charge on any atom is -0.478 e. The zero-order valence-corrected chi connectivity index (χ0v) is 18.2. The van der Waals surface area contributed by atoms with E-state index in [1.54, 1.807) is 12.3 Å². The first-order valence-corrected chi connectivity index (χ1v) is 11.2. The van der Waals surface area contributed by atoms with Gasteiger partial charge in [-0.25, -0.2) is 9.78 Å². The second-order valence-corrected chi connectivity index (χ2v) is 8.91. The summed E-state index contributed by atoms with van der Waals surface area (Å²) in [5.41, 5.74) is 0.952. The van der Waals surface area contributed by atoms with Crippen molar-refractivity contribution in [2.24, 2.45) is 0 Å². The van der Waals surface area contributed by atoms with Crippen LogP contribution < -0.4 is 4.90 Å². The number of benzene rings is 1. The van der Waals surface area contributed by atoms with Crippen molar-refractivity contribution in [3.63, 3.8) is 0 Å². The molecule has 0 radical (unpaired) electrons. The van der Waals surface area contributed by atoms with Crippen LogP contribution in [0.15, 0.2) is 48.7 Å². The molecule has 1 amide bonds. The predicted octanol–water partition coefficient (Wildman–Crippen LogP) is 3.89. The molecule has 0 saturated carbocycles. The molecule has 2 atom stereocenters. The molecule has 2 aromatic rings. The van der Waals surface area contributed by atoms with Gasteiger partial charge in [0.2, 0.25) is 0 Å². The Labute approximate surface area is 191 Å². The Morgan fingerprint density at radius 2 is 1.97 bits per heavy atom. The van der Waals surface area contributed by atoms with Crippen LogP contribution >= 0.6 is 11.6 Å². The van der Waals surface area contributed by atoms with Crippen molar-refractivity contribution in [3.05, 3.63) is 64.8 Å². The summed E-state index contributed by atoms with van der Waals surface area (Å²) in [5.74, 6) is -0.221. The molecule has 166 valence electrons. The van der Waals surface area contributed by atoms with Gasteiger partial charge in [0, 0.05) is 43.8 Å². The minimum atomic E-state index is -1.04. The first-order chi connectivity index (χ1) is 15.5. The van der Waals surface area contributed by atoms with Gasteiger partial charge in [0.05, 0.1) is 11.1 Å². The number of carboxylic acid groups (broad SMARTS) is 1. The third-order valence-electron chi connectivity index (χ3n) is 6.67. The predicted molar refractivity (Wildman–Crippen MR) is 120 cm³/mol. The normalized spacial score (nSPS) is 24.5. The molecule has 0 unspecified atom stereocenters. The number of pyridine rings is 1. The van der Waals surface area contributed by atoms with E-state index in [1.165, 1.54) is 6.08 Å². The molecule has 3 aliphatic heterocycles. The van der Waals surface area contributed by atoms with Crippen LogP contribution in [0.3, 0.4) is 0 Å². The zero-order chi connectivity index (χ0) is 22.3. The van der Waals surface area contributed by atoms with E-state index in [4.69, 9.17) is 21.4 Å². The maximum atomic E-state index is 13.5. The topological polar surface area (TPSA) is 83.0 Å². The summed E-state index contributed by atoms with van der Waals surface area (Å²) >= 11 is 6.32. The van der Waals surface area contributed by atoms with E-state index in [0.29, 0.717) is 42.3 Å². The van der Waals surface area contributed by atoms with Crippen molar-refractivity contribution < 1.29 is 19.4 Å². The second kappa shape index (κ2) is 8.22. The number of halogens is 1. The molecule has 3 aliphatic rings. The number of aromatic nitrogens is 1. The fraction of sp³-hybridized carbons (Fsp3) is 0.375. The van der Waals surface area contributed by atoms with E-state index in [-0.39, 0.29) is 18.2 Å². The molecule has 0 aliphatic carbocycles. The van der Waals surface area contributed by atoms with Crippen LogP contribution in [0.2, 0.25) is 5.02 Å². The lowest BCUT2D eigenvalue weighted by Gasteiger charge is -2.38. The van der Waals surface area contributed by atoms with Crippen molar-refractivity contribution in [2.75, 3.05) is 18.0 Å². The highest BCUT2D eigenvalue weighted by atomic mass is 35.5. The van der Waals surface area contributed by atoms with Crippen molar-refractivity contribution in [1.29, 1.82) is 0 Å². The molecular weight excluding hydrogens is 430 g/mol. The summed E-state index contributed by atoms with van der Waals surface area (Å²) < 4.78 is 6.40. The number of fused-ring (bicyclic) bond motifs is 1. The van der Waals surface area contributed by atoms with Gasteiger partial charge in [-0.05, 0) is 30.5 Å². The third kappa shape index (κ3) is 3.65. The highest BCUT2D eigenvalue weighted by Crippen LogP contribution is 2.47. The van der Waals surface area contributed by atoms with Crippen molar-refractivity contribution in [1.82, 2.24) is 9.88 Å². The average Bonchev–Trinajstić information content (AvgIpc) is 3.32. The Hall–Kier alpha value is -2.90. The Balaban J connectivity index is 1.28. The van der Waals surface area contributed by atoms with Crippen LogP contribution in [-0.4, -0.2) is 51.8 Å². The summed E-state index contributed by atoms with van der Waals surface area (Å²) in [4.78, 5) is 32.7. The largest absolute Gasteiger partial charge is 0.478 e. The fourth-order valence-electron chi connectivity index (χ4n) is 5.03. The highest BCUT2D eigenvalue weighted by Gasteiger charge is 2.57. The lowest BCUT2D eigenvalue weighted by molar-refractivity contribution is -0.140. The number of carbonyl (C=O) groups is 2. The summed E-state index contributed by atoms with van der Waals surface area (Å²) in [5, 5.41) is 9.22. The molecule has 8 heteroatoms. The summed E-state index contributed by atoms with van der Waals surface area (Å²) in [6, 6.07) is 12.0. The Kier molecular flexibility index (Phi) is 5.39. The van der Waals surface area contributed by atoms with Crippen LogP contribution in [0.5, 0.6) is 0 Å². The number of hydrogen-bond donors (Lipinski definition) is 1. The van der Waals surface area contributed by atoms with Crippen LogP contribution in [0.1, 0.15) is 42.9 Å². The quantitative estimate of drug-likeness (QED) is 0.707. The number of hydrogen-bond acceptors (Lipinski definition) is 5. The maximum absolute atomic E-state index is 13.5. The molecule has 32 heavy (non-hydrogen) atoms. The Bertz CT molecular complexity index is 1070. The molecule has 3 fully saturated rings. The van der Waals surface area contributed by atoms with Crippen molar-refractivity contribution in [2.45, 2.75) is 43.6 Å². The van der Waals surface area contributed by atoms with Gasteiger partial charge in [0.25, 0.3) is 5.91 Å². The van der Waals surface area contributed by atoms with Gasteiger partial charge in [0.1, 0.15) is 12.0 Å². The molecule has 1 N–H and O–H groups in total. The summed E-state index contributed by atoms with van der Waals surface area (Å²) in [6.07, 6.45) is 6.86. The van der Waals surface area contributed by atoms with E-state index in [9.17, 15) is 9.59 Å². The molecular formula is C24H24ClN3O4. The third-order valence-corrected chi connectivity index (χ3v) is 7.00. The number of amides is 1. The number of carbonyl (C=O) groups excluding carboxylic acids is 1. The lowest BCUT2D eigenvalue weighted by Crippen LogP contribution is -2.50. The lowest BCUT2D eigenvalue weighted by atomic mass is 9.89. The minimum absolute atomic E-state index is 0.0815. The van der Waals surface area contributed by atoms with E-state index < -0.39 is 11.6 Å². The van der Waals surface area contributed by atoms with Gasteiger partial charge in [-0.1, -0.05) is 41.9 Å². The number of aliphatic carboxylic acids is 1. The van der Waals surface area contributed by atoms with Crippen molar-refractivity contribution >= 4 is 35.4 Å². The van der Waals surface area contributed by atoms with Gasteiger partial charge in [-0.15, -0.1) is 0 Å². The molecule has 5 rings (SSSR count). The molecule has 1 aromatic heterocycles. The van der Waals surface area contributed by atoms with Crippen LogP contribution in [0.25, 0.3) is 6.08 Å². The number of anilines is 1. The number of rotatable bonds is 4. The molecule has 1 spiro atoms. The standard InChI is InChI=1S/C24H24ClN3O4/c25-18-14-20(26-15-17(18)6-9-22(29)30)27-12-10-24(11-13-27)23(31)28-19(7-8-21(28)32-24)16-4-2-1-3-5-16/h1-6,9,14-15,19,21H,7-8,10-13H2,(H,29,30)/b9-6+/t19-,21+/m0/s1. The number of piperidine rings is 1. The monoisotopic (exact) mass is 453 g/mol. The Morgan fingerprint density at radius 3 is 2.66 bits per heavy atom. The van der Waals surface area contributed by atoms with E-state index in [2.05, 4.69) is 22.0 Å². The summed E-state index contributed by atoms with van der Waals surface area (Å²) in [7, 11) is 0. The molecule has 7 nitrogen and oxygen atoms in total. The van der Waals surface area contributed by atoms with Crippen LogP contribution in [0, 0.1) is 0 Å². The average molecular weight is 454 g/mol. The van der Waals surface area contributed by atoms with Crippen molar-refractivity contribution in [3.8, 4) is 0 Å². The molecule has 0 bridgehead atoms. The number of nitrogens with zero attached hydrogens (tertiary/aromatic N) is 3. The smallest absolute Gasteiger partial charge is 0.328 e. The zero-order valence-electron chi connectivity index (χ0n) is 17.5. The van der Waals surface area contributed by atoms with Gasteiger partial charge < -0.3 is 19.6 Å².